The van der Waals surface area contributed by atoms with Crippen molar-refractivity contribution in [3.05, 3.63) is 65.3 Å². The van der Waals surface area contributed by atoms with E-state index in [1.165, 1.54) is 11.3 Å². The molecule has 134 valence electrons. The van der Waals surface area contributed by atoms with E-state index in [-0.39, 0.29) is 4.90 Å². The molecule has 26 heavy (non-hydrogen) atoms. The van der Waals surface area contributed by atoms with Gasteiger partial charge in [0.05, 0.1) is 10.6 Å². The lowest BCUT2D eigenvalue weighted by Crippen LogP contribution is -2.23. The van der Waals surface area contributed by atoms with Crippen molar-refractivity contribution < 1.29 is 17.6 Å². The van der Waals surface area contributed by atoms with E-state index in [4.69, 9.17) is 0 Å². The maximum absolute atomic E-state index is 12.9. The van der Waals surface area contributed by atoms with Gasteiger partial charge in [-0.05, 0) is 31.2 Å². The molecular weight excluding hydrogens is 375 g/mol. The second kappa shape index (κ2) is 7.35. The Bertz CT molecular complexity index is 1030. The highest BCUT2D eigenvalue weighted by Gasteiger charge is 2.20. The second-order valence-electron chi connectivity index (χ2n) is 5.67. The molecule has 0 aliphatic carbocycles. The smallest absolute Gasteiger partial charge is 0.241 e. The summed E-state index contributed by atoms with van der Waals surface area (Å²) in [5.74, 6) is -1.98. The van der Waals surface area contributed by atoms with Crippen LogP contribution in [0, 0.1) is 12.7 Å². The van der Waals surface area contributed by atoms with Crippen LogP contribution >= 0.6 is 11.3 Å². The van der Waals surface area contributed by atoms with Crippen molar-refractivity contribution in [2.75, 3.05) is 11.1 Å². The fourth-order valence-corrected chi connectivity index (χ4v) is 4.11. The Morgan fingerprint density at radius 2 is 1.77 bits per heavy atom. The van der Waals surface area contributed by atoms with Crippen LogP contribution in [0.2, 0.25) is 0 Å². The predicted octanol–water partition coefficient (Wildman–Crippen LogP) is 3.67. The molecule has 0 spiro atoms. The molecule has 0 bridgehead atoms. The Hall–Kier alpha value is -2.58. The van der Waals surface area contributed by atoms with Crippen molar-refractivity contribution in [1.29, 1.82) is 0 Å². The number of hydrogen-bond acceptors (Lipinski definition) is 5. The molecule has 8 heteroatoms. The van der Waals surface area contributed by atoms with Gasteiger partial charge in [-0.25, -0.2) is 17.8 Å². The third-order valence-corrected chi connectivity index (χ3v) is 5.98. The first kappa shape index (κ1) is 18.2. The number of benzene rings is 2. The molecule has 1 amide bonds. The van der Waals surface area contributed by atoms with Gasteiger partial charge < -0.3 is 5.32 Å². The van der Waals surface area contributed by atoms with Crippen LogP contribution in [0.15, 0.2) is 58.8 Å². The zero-order valence-corrected chi connectivity index (χ0v) is 15.4. The molecular formula is C18H15FN2O3S2. The van der Waals surface area contributed by atoms with E-state index in [1.807, 2.05) is 31.2 Å². The molecule has 0 atom stereocenters. The molecule has 5 nitrogen and oxygen atoms in total. The average Bonchev–Trinajstić information content (AvgIpc) is 3.03. The summed E-state index contributed by atoms with van der Waals surface area (Å²) in [5.41, 5.74) is 2.74. The van der Waals surface area contributed by atoms with Crippen molar-refractivity contribution in [1.82, 2.24) is 4.98 Å². The number of nitrogens with one attached hydrogen (secondary N) is 1. The quantitative estimate of drug-likeness (QED) is 0.675. The number of carbonyl (C=O) groups is 1. The van der Waals surface area contributed by atoms with Crippen molar-refractivity contribution in [3.63, 3.8) is 0 Å². The largest absolute Gasteiger partial charge is 0.301 e. The van der Waals surface area contributed by atoms with Gasteiger partial charge in [-0.2, -0.15) is 0 Å². The maximum Gasteiger partial charge on any atom is 0.241 e. The minimum absolute atomic E-state index is 0.103. The number of carbonyl (C=O) groups excluding carboxylic acids is 1. The van der Waals surface area contributed by atoms with Gasteiger partial charge in [-0.1, -0.05) is 29.8 Å². The monoisotopic (exact) mass is 390 g/mol. The first-order chi connectivity index (χ1) is 12.3. The molecule has 1 heterocycles. The van der Waals surface area contributed by atoms with Crippen LogP contribution in [-0.4, -0.2) is 25.1 Å². The summed E-state index contributed by atoms with van der Waals surface area (Å²) < 4.78 is 37.3. The number of halogens is 1. The molecule has 0 unspecified atom stereocenters. The summed E-state index contributed by atoms with van der Waals surface area (Å²) in [6, 6.07) is 12.1. The highest BCUT2D eigenvalue weighted by molar-refractivity contribution is 7.92. The fourth-order valence-electron chi connectivity index (χ4n) is 2.24. The summed E-state index contributed by atoms with van der Waals surface area (Å²) in [6.45, 7) is 1.98. The minimum atomic E-state index is -3.85. The van der Waals surface area contributed by atoms with E-state index >= 15 is 0 Å². The lowest BCUT2D eigenvalue weighted by atomic mass is 10.1. The zero-order valence-electron chi connectivity index (χ0n) is 13.8. The number of aryl methyl sites for hydroxylation is 1. The van der Waals surface area contributed by atoms with Crippen LogP contribution in [0.5, 0.6) is 0 Å². The number of hydrogen-bond donors (Lipinski definition) is 1. The Morgan fingerprint density at radius 1 is 1.12 bits per heavy atom. The molecule has 0 saturated heterocycles. The molecule has 0 radical (unpaired) electrons. The van der Waals surface area contributed by atoms with Crippen LogP contribution in [-0.2, 0) is 14.6 Å². The topological polar surface area (TPSA) is 76.1 Å². The predicted molar refractivity (Wildman–Crippen MR) is 99.4 cm³/mol. The normalized spacial score (nSPS) is 11.3. The summed E-state index contributed by atoms with van der Waals surface area (Å²) in [4.78, 5) is 16.3. The first-order valence-corrected chi connectivity index (χ1v) is 10.2. The number of amides is 1. The third-order valence-electron chi connectivity index (χ3n) is 3.59. The Kier molecular flexibility index (Phi) is 5.15. The number of sulfone groups is 1. The fraction of sp³-hybridized carbons (Fsp3) is 0.111. The van der Waals surface area contributed by atoms with Gasteiger partial charge in [-0.3, -0.25) is 4.79 Å². The first-order valence-electron chi connectivity index (χ1n) is 7.64. The number of aromatic nitrogens is 1. The van der Waals surface area contributed by atoms with Crippen molar-refractivity contribution in [3.8, 4) is 11.3 Å². The molecule has 3 rings (SSSR count). The Labute approximate surface area is 154 Å². The van der Waals surface area contributed by atoms with Gasteiger partial charge in [-0.15, -0.1) is 11.3 Å². The third kappa shape index (κ3) is 4.33. The zero-order chi connectivity index (χ0) is 18.7. The van der Waals surface area contributed by atoms with E-state index < -0.39 is 27.3 Å². The Balaban J connectivity index is 1.68. The second-order valence-corrected chi connectivity index (χ2v) is 8.51. The molecule has 0 saturated carbocycles. The van der Waals surface area contributed by atoms with Crippen LogP contribution in [0.4, 0.5) is 9.52 Å². The summed E-state index contributed by atoms with van der Waals surface area (Å²) in [6.07, 6.45) is 0. The van der Waals surface area contributed by atoms with Crippen molar-refractivity contribution in [2.24, 2.45) is 0 Å². The standard InChI is InChI=1S/C18H15FN2O3S2/c1-12-2-4-13(5-3-12)16-10-25-18(20-16)21-17(22)11-26(23,24)15-8-6-14(19)7-9-15/h2-10H,11H2,1H3,(H,20,21,22). The molecule has 1 aromatic heterocycles. The SMILES string of the molecule is Cc1ccc(-c2csc(NC(=O)CS(=O)(=O)c3ccc(F)cc3)n2)cc1. The van der Waals surface area contributed by atoms with E-state index in [1.54, 1.807) is 5.38 Å². The number of anilines is 1. The molecule has 0 aliphatic rings. The van der Waals surface area contributed by atoms with Crippen molar-refractivity contribution >= 4 is 32.2 Å². The van der Waals surface area contributed by atoms with Crippen LogP contribution < -0.4 is 5.32 Å². The highest BCUT2D eigenvalue weighted by atomic mass is 32.2. The summed E-state index contributed by atoms with van der Waals surface area (Å²) in [7, 11) is -3.85. The van der Waals surface area contributed by atoms with Gasteiger partial charge >= 0.3 is 0 Å². The van der Waals surface area contributed by atoms with Crippen LogP contribution in [0.3, 0.4) is 0 Å². The van der Waals surface area contributed by atoms with E-state index in [0.717, 1.165) is 35.4 Å². The molecule has 0 aliphatic heterocycles. The van der Waals surface area contributed by atoms with Crippen LogP contribution in [0.1, 0.15) is 5.56 Å². The van der Waals surface area contributed by atoms with E-state index in [2.05, 4.69) is 10.3 Å². The molecule has 1 N–H and O–H groups in total. The van der Waals surface area contributed by atoms with Gasteiger partial charge in [0.15, 0.2) is 15.0 Å². The van der Waals surface area contributed by atoms with Gasteiger partial charge in [0.25, 0.3) is 0 Å². The Morgan fingerprint density at radius 3 is 2.42 bits per heavy atom. The van der Waals surface area contributed by atoms with Gasteiger partial charge in [0.2, 0.25) is 5.91 Å². The van der Waals surface area contributed by atoms with Gasteiger partial charge in [0.1, 0.15) is 11.6 Å². The highest BCUT2D eigenvalue weighted by Crippen LogP contribution is 2.25. The molecule has 3 aromatic rings. The van der Waals surface area contributed by atoms with E-state index in [0.29, 0.717) is 10.8 Å². The maximum atomic E-state index is 12.9. The lowest BCUT2D eigenvalue weighted by Gasteiger charge is -2.04. The average molecular weight is 390 g/mol. The minimum Gasteiger partial charge on any atom is -0.301 e. The van der Waals surface area contributed by atoms with Crippen LogP contribution in [0.25, 0.3) is 11.3 Å². The summed E-state index contributed by atoms with van der Waals surface area (Å²) in [5, 5.41) is 4.60. The molecule has 0 fully saturated rings. The number of thiazole rings is 1. The number of nitrogens with zero attached hydrogens (tertiary/aromatic N) is 1. The van der Waals surface area contributed by atoms with E-state index in [9.17, 15) is 17.6 Å². The summed E-state index contributed by atoms with van der Waals surface area (Å²) >= 11 is 1.21. The lowest BCUT2D eigenvalue weighted by molar-refractivity contribution is -0.113. The molecule has 2 aromatic carbocycles. The number of rotatable bonds is 5. The van der Waals surface area contributed by atoms with Gasteiger partial charge in [0, 0.05) is 10.9 Å². The van der Waals surface area contributed by atoms with Crippen molar-refractivity contribution in [2.45, 2.75) is 11.8 Å².